The van der Waals surface area contributed by atoms with Gasteiger partial charge < -0.3 is 15.8 Å². The molecule has 0 radical (unpaired) electrons. The number of nitrogens with one attached hydrogen (secondary N) is 1. The highest BCUT2D eigenvalue weighted by molar-refractivity contribution is 5.69. The Morgan fingerprint density at radius 1 is 1.27 bits per heavy atom. The lowest BCUT2D eigenvalue weighted by molar-refractivity contribution is -0.154. The van der Waals surface area contributed by atoms with Gasteiger partial charge >= 0.3 is 5.97 Å². The predicted octanol–water partition coefficient (Wildman–Crippen LogP) is 1.05. The smallest absolute Gasteiger partial charge is 0.306 e. The van der Waals surface area contributed by atoms with Gasteiger partial charge in [0.1, 0.15) is 5.60 Å². The summed E-state index contributed by atoms with van der Waals surface area (Å²) >= 11 is 0. The normalized spacial score (nSPS) is 11.5. The van der Waals surface area contributed by atoms with Gasteiger partial charge in [0.2, 0.25) is 0 Å². The number of esters is 1. The Morgan fingerprint density at radius 2 is 1.87 bits per heavy atom. The van der Waals surface area contributed by atoms with Crippen molar-refractivity contribution in [3.05, 3.63) is 0 Å². The lowest BCUT2D eigenvalue weighted by Crippen LogP contribution is -2.25. The number of carbonyl (C=O) groups is 1. The predicted molar refractivity (Wildman–Crippen MR) is 61.6 cm³/mol. The van der Waals surface area contributed by atoms with Crippen molar-refractivity contribution in [2.24, 2.45) is 5.73 Å². The number of hydrogen-bond acceptors (Lipinski definition) is 4. The maximum Gasteiger partial charge on any atom is 0.306 e. The summed E-state index contributed by atoms with van der Waals surface area (Å²) in [6.45, 7) is 8.11. The molecule has 0 rings (SSSR count). The molecule has 4 heteroatoms. The van der Waals surface area contributed by atoms with Crippen LogP contribution in [0.2, 0.25) is 0 Å². The summed E-state index contributed by atoms with van der Waals surface area (Å²) in [7, 11) is 0. The first-order valence-electron chi connectivity index (χ1n) is 5.58. The van der Waals surface area contributed by atoms with Gasteiger partial charge in [0, 0.05) is 6.42 Å². The van der Waals surface area contributed by atoms with E-state index < -0.39 is 0 Å². The van der Waals surface area contributed by atoms with Crippen molar-refractivity contribution in [1.29, 1.82) is 0 Å². The van der Waals surface area contributed by atoms with Gasteiger partial charge in [-0.1, -0.05) is 0 Å². The van der Waals surface area contributed by atoms with Crippen molar-refractivity contribution in [2.45, 2.75) is 45.6 Å². The van der Waals surface area contributed by atoms with Crippen LogP contribution in [0, 0.1) is 0 Å². The van der Waals surface area contributed by atoms with Gasteiger partial charge in [-0.2, -0.15) is 0 Å². The highest BCUT2D eigenvalue weighted by Crippen LogP contribution is 2.08. The van der Waals surface area contributed by atoms with Crippen molar-refractivity contribution >= 4 is 5.97 Å². The third kappa shape index (κ3) is 11.3. The van der Waals surface area contributed by atoms with Crippen LogP contribution in [0.25, 0.3) is 0 Å². The number of carbonyl (C=O) groups excluding carboxylic acids is 1. The van der Waals surface area contributed by atoms with Gasteiger partial charge in [0.05, 0.1) is 0 Å². The molecule has 0 unspecified atom stereocenters. The van der Waals surface area contributed by atoms with Crippen LogP contribution < -0.4 is 11.1 Å². The van der Waals surface area contributed by atoms with Crippen LogP contribution >= 0.6 is 0 Å². The second-order valence-corrected chi connectivity index (χ2v) is 4.58. The molecule has 0 saturated carbocycles. The van der Waals surface area contributed by atoms with Crippen LogP contribution in [0.3, 0.4) is 0 Å². The van der Waals surface area contributed by atoms with Gasteiger partial charge in [0.15, 0.2) is 0 Å². The highest BCUT2D eigenvalue weighted by Gasteiger charge is 2.15. The third-order valence-electron chi connectivity index (χ3n) is 1.71. The highest BCUT2D eigenvalue weighted by atomic mass is 16.6. The standard InChI is InChI=1S/C11H24N2O2/c1-11(2,3)15-10(14)6-4-8-13-9-5-7-12/h13H,4-9,12H2,1-3H3. The van der Waals surface area contributed by atoms with Crippen LogP contribution in [-0.4, -0.2) is 31.2 Å². The molecule has 3 N–H and O–H groups in total. The van der Waals surface area contributed by atoms with Gasteiger partial charge in [0.25, 0.3) is 0 Å². The molecular weight excluding hydrogens is 192 g/mol. The maximum absolute atomic E-state index is 11.3. The number of nitrogens with two attached hydrogens (primary N) is 1. The van der Waals surface area contributed by atoms with Gasteiger partial charge in [-0.3, -0.25) is 4.79 Å². The summed E-state index contributed by atoms with van der Waals surface area (Å²) in [6, 6.07) is 0. The topological polar surface area (TPSA) is 64.3 Å². The summed E-state index contributed by atoms with van der Waals surface area (Å²) in [6.07, 6.45) is 2.28. The molecule has 0 fully saturated rings. The van der Waals surface area contributed by atoms with E-state index in [1.807, 2.05) is 20.8 Å². The fourth-order valence-electron chi connectivity index (χ4n) is 1.10. The van der Waals surface area contributed by atoms with Crippen LogP contribution in [0.5, 0.6) is 0 Å². The molecule has 0 saturated heterocycles. The van der Waals surface area contributed by atoms with Gasteiger partial charge in [-0.05, 0) is 53.2 Å². The minimum atomic E-state index is -0.371. The van der Waals surface area contributed by atoms with Crippen LogP contribution in [-0.2, 0) is 9.53 Å². The zero-order chi connectivity index (χ0) is 11.7. The molecule has 0 spiro atoms. The molecule has 0 aromatic heterocycles. The molecule has 0 amide bonds. The fourth-order valence-corrected chi connectivity index (χ4v) is 1.10. The lowest BCUT2D eigenvalue weighted by Gasteiger charge is -2.19. The molecule has 90 valence electrons. The molecule has 0 atom stereocenters. The van der Waals surface area contributed by atoms with Gasteiger partial charge in [-0.15, -0.1) is 0 Å². The Hall–Kier alpha value is -0.610. The molecule has 0 aliphatic heterocycles. The molecule has 0 heterocycles. The van der Waals surface area contributed by atoms with E-state index in [0.29, 0.717) is 13.0 Å². The van der Waals surface area contributed by atoms with E-state index in [2.05, 4.69) is 5.32 Å². The van der Waals surface area contributed by atoms with Crippen LogP contribution in [0.4, 0.5) is 0 Å². The minimum absolute atomic E-state index is 0.122. The van der Waals surface area contributed by atoms with E-state index in [4.69, 9.17) is 10.5 Å². The van der Waals surface area contributed by atoms with E-state index in [9.17, 15) is 4.79 Å². The monoisotopic (exact) mass is 216 g/mol. The van der Waals surface area contributed by atoms with Crippen molar-refractivity contribution in [2.75, 3.05) is 19.6 Å². The molecular formula is C11H24N2O2. The average Bonchev–Trinajstić information content (AvgIpc) is 2.08. The van der Waals surface area contributed by atoms with E-state index in [1.54, 1.807) is 0 Å². The van der Waals surface area contributed by atoms with E-state index in [-0.39, 0.29) is 11.6 Å². The van der Waals surface area contributed by atoms with E-state index in [1.165, 1.54) is 0 Å². The summed E-state index contributed by atoms with van der Waals surface area (Å²) in [5.41, 5.74) is 4.98. The molecule has 0 aromatic rings. The summed E-state index contributed by atoms with van der Waals surface area (Å²) < 4.78 is 5.18. The fraction of sp³-hybridized carbons (Fsp3) is 0.909. The first-order valence-corrected chi connectivity index (χ1v) is 5.58. The first-order chi connectivity index (χ1) is 6.95. The second kappa shape index (κ2) is 7.65. The van der Waals surface area contributed by atoms with Crippen molar-refractivity contribution in [3.8, 4) is 0 Å². The van der Waals surface area contributed by atoms with Crippen LogP contribution in [0.15, 0.2) is 0 Å². The lowest BCUT2D eigenvalue weighted by atomic mass is 10.2. The van der Waals surface area contributed by atoms with E-state index in [0.717, 1.165) is 25.9 Å². The van der Waals surface area contributed by atoms with Crippen LogP contribution in [0.1, 0.15) is 40.0 Å². The van der Waals surface area contributed by atoms with Crippen molar-refractivity contribution < 1.29 is 9.53 Å². The zero-order valence-electron chi connectivity index (χ0n) is 10.1. The molecule has 0 bridgehead atoms. The quantitative estimate of drug-likeness (QED) is 0.493. The number of ether oxygens (including phenoxy) is 1. The third-order valence-corrected chi connectivity index (χ3v) is 1.71. The summed E-state index contributed by atoms with van der Waals surface area (Å²) in [4.78, 5) is 11.3. The Bertz CT molecular complexity index is 176. The Kier molecular flexibility index (Phi) is 7.34. The summed E-state index contributed by atoms with van der Waals surface area (Å²) in [5.74, 6) is -0.122. The minimum Gasteiger partial charge on any atom is -0.460 e. The molecule has 15 heavy (non-hydrogen) atoms. The van der Waals surface area contributed by atoms with Crippen molar-refractivity contribution in [3.63, 3.8) is 0 Å². The summed E-state index contributed by atoms with van der Waals surface area (Å²) in [5, 5.41) is 3.22. The molecule has 0 aromatic carbocycles. The SMILES string of the molecule is CC(C)(C)OC(=O)CCCNCCCN. The first kappa shape index (κ1) is 14.4. The number of rotatable bonds is 7. The Morgan fingerprint density at radius 3 is 2.40 bits per heavy atom. The average molecular weight is 216 g/mol. The second-order valence-electron chi connectivity index (χ2n) is 4.58. The van der Waals surface area contributed by atoms with Crippen molar-refractivity contribution in [1.82, 2.24) is 5.32 Å². The molecule has 4 nitrogen and oxygen atoms in total. The molecule has 0 aliphatic carbocycles. The van der Waals surface area contributed by atoms with E-state index >= 15 is 0 Å². The number of hydrogen-bond donors (Lipinski definition) is 2. The maximum atomic E-state index is 11.3. The Balaban J connectivity index is 3.32. The zero-order valence-corrected chi connectivity index (χ0v) is 10.1. The van der Waals surface area contributed by atoms with Gasteiger partial charge in [-0.25, -0.2) is 0 Å². The molecule has 0 aliphatic rings. The largest absolute Gasteiger partial charge is 0.460 e. The Labute approximate surface area is 92.6 Å².